The zero-order valence-corrected chi connectivity index (χ0v) is 14.8. The van der Waals surface area contributed by atoms with Gasteiger partial charge in [0.25, 0.3) is 0 Å². The third-order valence-electron chi connectivity index (χ3n) is 4.19. The molecule has 0 atom stereocenters. The van der Waals surface area contributed by atoms with E-state index in [0.717, 1.165) is 25.4 Å². The molecule has 1 N–H and O–H groups in total. The highest BCUT2D eigenvalue weighted by molar-refractivity contribution is 6.33. The highest BCUT2D eigenvalue weighted by Gasteiger charge is 2.21. The van der Waals surface area contributed by atoms with Crippen LogP contribution in [0, 0.1) is 0 Å². The maximum Gasteiger partial charge on any atom is 0.321 e. The van der Waals surface area contributed by atoms with Crippen molar-refractivity contribution in [3.05, 3.63) is 59.6 Å². The van der Waals surface area contributed by atoms with Gasteiger partial charge in [0, 0.05) is 32.7 Å². The SMILES string of the molecule is O=C(Nc1ccccc1Cl)N1CCN(CCOc2ccccc2)CC1. The third-order valence-corrected chi connectivity index (χ3v) is 4.52. The number of hydrogen-bond donors (Lipinski definition) is 1. The number of anilines is 1. The molecule has 0 aromatic heterocycles. The van der Waals surface area contributed by atoms with Crippen molar-refractivity contribution in [2.75, 3.05) is 44.6 Å². The van der Waals surface area contributed by atoms with Gasteiger partial charge in [0.15, 0.2) is 0 Å². The van der Waals surface area contributed by atoms with Crippen molar-refractivity contribution in [2.45, 2.75) is 0 Å². The van der Waals surface area contributed by atoms with Crippen LogP contribution in [0.1, 0.15) is 0 Å². The minimum Gasteiger partial charge on any atom is -0.492 e. The lowest BCUT2D eigenvalue weighted by Crippen LogP contribution is -2.50. The number of rotatable bonds is 5. The van der Waals surface area contributed by atoms with Gasteiger partial charge in [-0.1, -0.05) is 41.9 Å². The fraction of sp³-hybridized carbons (Fsp3) is 0.316. The molecule has 0 aliphatic carbocycles. The molecule has 2 amide bonds. The molecule has 1 heterocycles. The summed E-state index contributed by atoms with van der Waals surface area (Å²) in [6.45, 7) is 4.58. The Labute approximate surface area is 153 Å². The average molecular weight is 360 g/mol. The molecule has 0 unspecified atom stereocenters. The number of carbonyl (C=O) groups excluding carboxylic acids is 1. The van der Waals surface area contributed by atoms with E-state index in [1.54, 1.807) is 12.1 Å². The average Bonchev–Trinajstić information content (AvgIpc) is 2.65. The molecule has 1 fully saturated rings. The van der Waals surface area contributed by atoms with Crippen LogP contribution in [-0.2, 0) is 0 Å². The number of amides is 2. The predicted octanol–water partition coefficient (Wildman–Crippen LogP) is 3.57. The molecule has 0 spiro atoms. The third kappa shape index (κ3) is 5.11. The molecule has 0 saturated carbocycles. The maximum atomic E-state index is 12.3. The van der Waals surface area contributed by atoms with Crippen molar-refractivity contribution in [1.82, 2.24) is 9.80 Å². The molecular weight excluding hydrogens is 338 g/mol. The molecule has 1 aliphatic rings. The van der Waals surface area contributed by atoms with Gasteiger partial charge in [-0.2, -0.15) is 0 Å². The molecule has 6 heteroatoms. The van der Waals surface area contributed by atoms with Crippen LogP contribution in [0.4, 0.5) is 10.5 Å². The molecule has 3 rings (SSSR count). The molecule has 0 bridgehead atoms. The lowest BCUT2D eigenvalue weighted by molar-refractivity contribution is 0.132. The topological polar surface area (TPSA) is 44.8 Å². The van der Waals surface area contributed by atoms with Gasteiger partial charge in [-0.3, -0.25) is 4.90 Å². The lowest BCUT2D eigenvalue weighted by Gasteiger charge is -2.34. The number of halogens is 1. The maximum absolute atomic E-state index is 12.3. The van der Waals surface area contributed by atoms with E-state index < -0.39 is 0 Å². The molecule has 5 nitrogen and oxygen atoms in total. The van der Waals surface area contributed by atoms with Gasteiger partial charge in [-0.05, 0) is 24.3 Å². The first-order valence-electron chi connectivity index (χ1n) is 8.43. The van der Waals surface area contributed by atoms with Crippen molar-refractivity contribution in [3.8, 4) is 5.75 Å². The van der Waals surface area contributed by atoms with E-state index in [1.165, 1.54) is 0 Å². The van der Waals surface area contributed by atoms with Crippen LogP contribution in [0.5, 0.6) is 5.75 Å². The summed E-state index contributed by atoms with van der Waals surface area (Å²) in [5.74, 6) is 0.889. The van der Waals surface area contributed by atoms with E-state index in [4.69, 9.17) is 16.3 Å². The smallest absolute Gasteiger partial charge is 0.321 e. The van der Waals surface area contributed by atoms with Crippen molar-refractivity contribution in [1.29, 1.82) is 0 Å². The van der Waals surface area contributed by atoms with Crippen LogP contribution in [0.2, 0.25) is 5.02 Å². The number of hydrogen-bond acceptors (Lipinski definition) is 3. The summed E-state index contributed by atoms with van der Waals surface area (Å²) >= 11 is 6.08. The Hall–Kier alpha value is -2.24. The second kappa shape index (κ2) is 8.74. The van der Waals surface area contributed by atoms with Gasteiger partial charge in [-0.15, -0.1) is 0 Å². The second-order valence-electron chi connectivity index (χ2n) is 5.90. The van der Waals surface area contributed by atoms with E-state index in [9.17, 15) is 4.79 Å². The molecule has 25 heavy (non-hydrogen) atoms. The minimum atomic E-state index is -0.103. The fourth-order valence-corrected chi connectivity index (χ4v) is 2.92. The molecule has 1 aliphatic heterocycles. The largest absolute Gasteiger partial charge is 0.492 e. The monoisotopic (exact) mass is 359 g/mol. The number of benzene rings is 2. The van der Waals surface area contributed by atoms with E-state index in [0.29, 0.717) is 30.4 Å². The Morgan fingerprint density at radius 3 is 2.40 bits per heavy atom. The molecule has 132 valence electrons. The summed E-state index contributed by atoms with van der Waals surface area (Å²) in [7, 11) is 0. The van der Waals surface area contributed by atoms with Gasteiger partial charge in [0.2, 0.25) is 0 Å². The summed E-state index contributed by atoms with van der Waals surface area (Å²) in [4.78, 5) is 16.5. The highest BCUT2D eigenvalue weighted by Crippen LogP contribution is 2.21. The summed E-state index contributed by atoms with van der Waals surface area (Å²) in [5, 5.41) is 3.42. The van der Waals surface area contributed by atoms with Gasteiger partial charge >= 0.3 is 6.03 Å². The van der Waals surface area contributed by atoms with E-state index in [-0.39, 0.29) is 6.03 Å². The van der Waals surface area contributed by atoms with Crippen LogP contribution in [0.25, 0.3) is 0 Å². The van der Waals surface area contributed by atoms with Gasteiger partial charge < -0.3 is 15.0 Å². The van der Waals surface area contributed by atoms with Crippen molar-refractivity contribution < 1.29 is 9.53 Å². The zero-order chi connectivity index (χ0) is 17.5. The Morgan fingerprint density at radius 2 is 1.68 bits per heavy atom. The Morgan fingerprint density at radius 1 is 1.00 bits per heavy atom. The minimum absolute atomic E-state index is 0.103. The Bertz CT molecular complexity index is 688. The van der Waals surface area contributed by atoms with Gasteiger partial charge in [0.05, 0.1) is 10.7 Å². The number of nitrogens with one attached hydrogen (secondary N) is 1. The Balaban J connectivity index is 1.39. The standard InChI is InChI=1S/C19H22ClN3O2/c20-17-8-4-5-9-18(17)21-19(24)23-12-10-22(11-13-23)14-15-25-16-6-2-1-3-7-16/h1-9H,10-15H2,(H,21,24). The summed E-state index contributed by atoms with van der Waals surface area (Å²) < 4.78 is 5.73. The lowest BCUT2D eigenvalue weighted by atomic mass is 10.3. The van der Waals surface area contributed by atoms with Crippen molar-refractivity contribution in [3.63, 3.8) is 0 Å². The quantitative estimate of drug-likeness (QED) is 0.887. The summed E-state index contributed by atoms with van der Waals surface area (Å²) in [6.07, 6.45) is 0. The van der Waals surface area contributed by atoms with Crippen LogP contribution in [0.3, 0.4) is 0 Å². The first-order chi connectivity index (χ1) is 12.2. The number of para-hydroxylation sites is 2. The number of urea groups is 1. The highest BCUT2D eigenvalue weighted by atomic mass is 35.5. The number of ether oxygens (including phenoxy) is 1. The number of piperazine rings is 1. The summed E-state index contributed by atoms with van der Waals surface area (Å²) in [6, 6.07) is 17.0. The fourth-order valence-electron chi connectivity index (χ4n) is 2.74. The number of carbonyl (C=O) groups is 1. The normalized spacial score (nSPS) is 15.0. The van der Waals surface area contributed by atoms with E-state index >= 15 is 0 Å². The van der Waals surface area contributed by atoms with Crippen LogP contribution < -0.4 is 10.1 Å². The van der Waals surface area contributed by atoms with Crippen molar-refractivity contribution in [2.24, 2.45) is 0 Å². The Kier molecular flexibility index (Phi) is 6.14. The predicted molar refractivity (Wildman–Crippen MR) is 100 cm³/mol. The molecule has 1 saturated heterocycles. The first kappa shape index (κ1) is 17.6. The van der Waals surface area contributed by atoms with E-state index in [1.807, 2.05) is 47.4 Å². The van der Waals surface area contributed by atoms with Gasteiger partial charge in [-0.25, -0.2) is 4.79 Å². The molecular formula is C19H22ClN3O2. The number of nitrogens with zero attached hydrogens (tertiary/aromatic N) is 2. The second-order valence-corrected chi connectivity index (χ2v) is 6.31. The molecule has 0 radical (unpaired) electrons. The first-order valence-corrected chi connectivity index (χ1v) is 8.81. The molecule has 2 aromatic rings. The van der Waals surface area contributed by atoms with Crippen LogP contribution in [0.15, 0.2) is 54.6 Å². The van der Waals surface area contributed by atoms with E-state index in [2.05, 4.69) is 10.2 Å². The summed E-state index contributed by atoms with van der Waals surface area (Å²) in [5.41, 5.74) is 0.646. The van der Waals surface area contributed by atoms with Crippen LogP contribution in [-0.4, -0.2) is 55.2 Å². The van der Waals surface area contributed by atoms with Crippen molar-refractivity contribution >= 4 is 23.3 Å². The molecule has 2 aromatic carbocycles. The van der Waals surface area contributed by atoms with Gasteiger partial charge in [0.1, 0.15) is 12.4 Å². The zero-order valence-electron chi connectivity index (χ0n) is 14.0. The van der Waals surface area contributed by atoms with Crippen LogP contribution >= 0.6 is 11.6 Å².